The summed E-state index contributed by atoms with van der Waals surface area (Å²) < 4.78 is 26.3. The van der Waals surface area contributed by atoms with Gasteiger partial charge in [0.25, 0.3) is 15.6 Å². The van der Waals surface area contributed by atoms with Gasteiger partial charge < -0.3 is 10.6 Å². The van der Waals surface area contributed by atoms with Gasteiger partial charge in [0.1, 0.15) is 0 Å². The maximum atomic E-state index is 12.2. The Kier molecular flexibility index (Phi) is 6.13. The highest BCUT2D eigenvalue weighted by molar-refractivity contribution is 7.90. The molecule has 152 valence electrons. The zero-order chi connectivity index (χ0) is 20.9. The van der Waals surface area contributed by atoms with Crippen LogP contribution < -0.4 is 20.9 Å². The van der Waals surface area contributed by atoms with Crippen molar-refractivity contribution < 1.29 is 13.2 Å². The minimum atomic E-state index is -3.91. The lowest BCUT2D eigenvalue weighted by molar-refractivity contribution is 0.246. The monoisotopic (exact) mass is 415 g/mol. The van der Waals surface area contributed by atoms with Crippen LogP contribution in [0.5, 0.6) is 0 Å². The number of anilines is 1. The fraction of sp³-hybridized carbons (Fsp3) is 0.211. The van der Waals surface area contributed by atoms with E-state index < -0.39 is 16.1 Å². The van der Waals surface area contributed by atoms with Gasteiger partial charge in [-0.05, 0) is 31.5 Å². The van der Waals surface area contributed by atoms with Gasteiger partial charge >= 0.3 is 6.03 Å². The molecule has 1 heterocycles. The van der Waals surface area contributed by atoms with Crippen molar-refractivity contribution in [1.82, 2.24) is 20.2 Å². The van der Waals surface area contributed by atoms with Crippen LogP contribution in [-0.4, -0.2) is 37.7 Å². The van der Waals surface area contributed by atoms with E-state index in [2.05, 4.69) is 20.8 Å². The van der Waals surface area contributed by atoms with Crippen LogP contribution in [-0.2, 0) is 10.0 Å². The Hall–Kier alpha value is -3.40. The Balaban J connectivity index is 1.47. The number of nitrogens with one attached hydrogen (secondary N) is 4. The van der Waals surface area contributed by atoms with Crippen molar-refractivity contribution in [3.05, 3.63) is 64.4 Å². The number of H-pyrrole nitrogens is 1. The summed E-state index contributed by atoms with van der Waals surface area (Å²) in [5.41, 5.74) is 0.657. The van der Waals surface area contributed by atoms with Gasteiger partial charge in [0.2, 0.25) is 0 Å². The van der Waals surface area contributed by atoms with Crippen molar-refractivity contribution in [2.75, 3.05) is 18.4 Å². The number of carbonyl (C=O) groups is 1. The van der Waals surface area contributed by atoms with Crippen molar-refractivity contribution in [3.8, 4) is 0 Å². The van der Waals surface area contributed by atoms with Crippen LogP contribution in [0.2, 0.25) is 0 Å². The first-order valence-electron chi connectivity index (χ1n) is 8.95. The van der Waals surface area contributed by atoms with Crippen LogP contribution >= 0.6 is 0 Å². The van der Waals surface area contributed by atoms with E-state index in [1.807, 2.05) is 17.7 Å². The molecule has 0 unspecified atom stereocenters. The third-order valence-electron chi connectivity index (χ3n) is 4.19. The molecule has 9 nitrogen and oxygen atoms in total. The molecule has 0 radical (unpaired) electrons. The molecule has 0 bridgehead atoms. The van der Waals surface area contributed by atoms with Crippen molar-refractivity contribution in [3.63, 3.8) is 0 Å². The SMILES string of the molecule is Cc1ccc(S(=O)(=O)NC(=O)NCCCNc2n[nH]c(=O)c3ccccc23)cc1. The second-order valence-electron chi connectivity index (χ2n) is 6.40. The topological polar surface area (TPSA) is 133 Å². The molecule has 2 aromatic carbocycles. The van der Waals surface area contributed by atoms with Crippen molar-refractivity contribution >= 4 is 32.6 Å². The lowest BCUT2D eigenvalue weighted by atomic mass is 10.2. The molecule has 3 aromatic rings. The number of fused-ring (bicyclic) bond motifs is 1. The summed E-state index contributed by atoms with van der Waals surface area (Å²) in [4.78, 5) is 23.7. The van der Waals surface area contributed by atoms with E-state index in [9.17, 15) is 18.0 Å². The van der Waals surface area contributed by atoms with Crippen LogP contribution in [0.1, 0.15) is 12.0 Å². The molecule has 10 heteroatoms. The first-order valence-corrected chi connectivity index (χ1v) is 10.4. The second kappa shape index (κ2) is 8.74. The van der Waals surface area contributed by atoms with Gasteiger partial charge in [0.05, 0.1) is 10.3 Å². The molecule has 0 fully saturated rings. The standard InChI is InChI=1S/C19H21N5O4S/c1-13-7-9-14(10-8-13)29(27,28)24-19(26)21-12-4-11-20-17-15-5-2-3-6-16(15)18(25)23-22-17/h2-3,5-10H,4,11-12H2,1H3,(H,20,22)(H,23,25)(H2,21,24,26). The number of urea groups is 1. The third kappa shape index (κ3) is 5.11. The minimum Gasteiger partial charge on any atom is -0.368 e. The molecule has 0 aliphatic carbocycles. The Morgan fingerprint density at radius 1 is 1.03 bits per heavy atom. The average Bonchev–Trinajstić information content (AvgIpc) is 2.69. The normalized spacial score (nSPS) is 11.2. The van der Waals surface area contributed by atoms with E-state index in [1.54, 1.807) is 30.3 Å². The van der Waals surface area contributed by atoms with Gasteiger partial charge in [0.15, 0.2) is 5.82 Å². The predicted octanol–water partition coefficient (Wildman–Crippen LogP) is 1.72. The van der Waals surface area contributed by atoms with E-state index in [-0.39, 0.29) is 17.0 Å². The lowest BCUT2D eigenvalue weighted by Crippen LogP contribution is -2.40. The van der Waals surface area contributed by atoms with Crippen molar-refractivity contribution in [2.45, 2.75) is 18.2 Å². The highest BCUT2D eigenvalue weighted by atomic mass is 32.2. The zero-order valence-electron chi connectivity index (χ0n) is 15.7. The number of benzene rings is 2. The highest BCUT2D eigenvalue weighted by Gasteiger charge is 2.16. The summed E-state index contributed by atoms with van der Waals surface area (Å²) in [6, 6.07) is 12.5. The fourth-order valence-electron chi connectivity index (χ4n) is 2.68. The van der Waals surface area contributed by atoms with E-state index in [4.69, 9.17) is 0 Å². The summed E-state index contributed by atoms with van der Waals surface area (Å²) in [7, 11) is -3.91. The Morgan fingerprint density at radius 2 is 1.72 bits per heavy atom. The molecule has 29 heavy (non-hydrogen) atoms. The number of aromatic amines is 1. The van der Waals surface area contributed by atoms with Gasteiger partial charge in [-0.3, -0.25) is 4.79 Å². The summed E-state index contributed by atoms with van der Waals surface area (Å²) in [6.07, 6.45) is 0.521. The molecule has 0 aliphatic heterocycles. The van der Waals surface area contributed by atoms with Crippen LogP contribution in [0.4, 0.5) is 10.6 Å². The van der Waals surface area contributed by atoms with Gasteiger partial charge in [0, 0.05) is 18.5 Å². The van der Waals surface area contributed by atoms with Crippen molar-refractivity contribution in [2.24, 2.45) is 0 Å². The van der Waals surface area contributed by atoms with Crippen LogP contribution in [0.3, 0.4) is 0 Å². The predicted molar refractivity (Wildman–Crippen MR) is 110 cm³/mol. The molecule has 0 aliphatic rings. The number of carbonyl (C=O) groups excluding carboxylic acids is 1. The number of aryl methyl sites for hydroxylation is 1. The fourth-order valence-corrected chi connectivity index (χ4v) is 3.61. The Morgan fingerprint density at radius 3 is 2.45 bits per heavy atom. The van der Waals surface area contributed by atoms with Gasteiger partial charge in [-0.15, -0.1) is 0 Å². The smallest absolute Gasteiger partial charge is 0.328 e. The van der Waals surface area contributed by atoms with Crippen LogP contribution in [0.15, 0.2) is 58.2 Å². The van der Waals surface area contributed by atoms with Crippen LogP contribution in [0, 0.1) is 6.92 Å². The molecule has 0 saturated carbocycles. The molecule has 0 atom stereocenters. The number of sulfonamides is 1. The number of aromatic nitrogens is 2. The third-order valence-corrected chi connectivity index (χ3v) is 5.53. The Labute approximate surface area is 167 Å². The quantitative estimate of drug-likeness (QED) is 0.434. The molecule has 4 N–H and O–H groups in total. The number of rotatable bonds is 7. The summed E-state index contributed by atoms with van der Waals surface area (Å²) in [6.45, 7) is 2.56. The Bertz CT molecular complexity index is 1170. The molecule has 1 aromatic heterocycles. The molecule has 2 amide bonds. The number of hydrogen-bond acceptors (Lipinski definition) is 6. The zero-order valence-corrected chi connectivity index (χ0v) is 16.5. The number of amides is 2. The summed E-state index contributed by atoms with van der Waals surface area (Å²) in [5.74, 6) is 0.534. The van der Waals surface area contributed by atoms with E-state index >= 15 is 0 Å². The van der Waals surface area contributed by atoms with Gasteiger partial charge in [-0.25, -0.2) is 23.0 Å². The maximum absolute atomic E-state index is 12.2. The molecule has 0 saturated heterocycles. The van der Waals surface area contributed by atoms with Crippen molar-refractivity contribution in [1.29, 1.82) is 0 Å². The highest BCUT2D eigenvalue weighted by Crippen LogP contribution is 2.16. The van der Waals surface area contributed by atoms with E-state index in [1.165, 1.54) is 12.1 Å². The lowest BCUT2D eigenvalue weighted by Gasteiger charge is -2.10. The average molecular weight is 415 g/mol. The molecular formula is C19H21N5O4S. The first kappa shape index (κ1) is 20.3. The summed E-state index contributed by atoms with van der Waals surface area (Å²) >= 11 is 0. The second-order valence-corrected chi connectivity index (χ2v) is 8.08. The van der Waals surface area contributed by atoms with Gasteiger partial charge in [-0.1, -0.05) is 35.9 Å². The molecule has 3 rings (SSSR count). The number of hydrogen-bond donors (Lipinski definition) is 4. The van der Waals surface area contributed by atoms with E-state index in [0.717, 1.165) is 5.56 Å². The molecule has 0 spiro atoms. The largest absolute Gasteiger partial charge is 0.368 e. The first-order chi connectivity index (χ1) is 13.9. The van der Waals surface area contributed by atoms with E-state index in [0.29, 0.717) is 29.6 Å². The summed E-state index contributed by atoms with van der Waals surface area (Å²) in [5, 5.41) is 13.3. The van der Waals surface area contributed by atoms with Gasteiger partial charge in [-0.2, -0.15) is 5.10 Å². The minimum absolute atomic E-state index is 0.0240. The molecular weight excluding hydrogens is 394 g/mol. The van der Waals surface area contributed by atoms with Crippen LogP contribution in [0.25, 0.3) is 10.8 Å². The maximum Gasteiger partial charge on any atom is 0.328 e. The number of nitrogens with zero attached hydrogens (tertiary/aromatic N) is 1.